The Kier molecular flexibility index (Phi) is 44.1. The fourth-order valence-corrected chi connectivity index (χ4v) is 0.323. The molecule has 0 saturated heterocycles. The molecule has 0 saturated carbocycles. The van der Waals surface area contributed by atoms with Gasteiger partial charge in [-0.2, -0.15) is 4.99 Å². The van der Waals surface area contributed by atoms with Gasteiger partial charge in [0.05, 0.1) is 6.01 Å². The van der Waals surface area contributed by atoms with Crippen LogP contribution in [0.3, 0.4) is 0 Å². The quantitative estimate of drug-likeness (QED) is 0.557. The van der Waals surface area contributed by atoms with E-state index in [-0.39, 0.29) is 23.9 Å². The molecule has 1 aliphatic heterocycles. The van der Waals surface area contributed by atoms with Crippen LogP contribution in [-0.2, 0) is 0 Å². The molecule has 0 aromatic rings. The van der Waals surface area contributed by atoms with Gasteiger partial charge >= 0.3 is 0 Å². The topological polar surface area (TPSA) is 24.7 Å². The van der Waals surface area contributed by atoms with Crippen molar-refractivity contribution < 1.29 is 0 Å². The molecule has 1 rings (SSSR count). The smallest absolute Gasteiger partial charge is 0.118 e. The van der Waals surface area contributed by atoms with Crippen LogP contribution in [-0.4, -0.2) is 29.9 Å². The van der Waals surface area contributed by atoms with E-state index in [1.54, 1.807) is 6.20 Å². The molecule has 0 bridgehead atoms. The van der Waals surface area contributed by atoms with E-state index in [9.17, 15) is 0 Å². The van der Waals surface area contributed by atoms with E-state index >= 15 is 0 Å². The van der Waals surface area contributed by atoms with Gasteiger partial charge in [0.1, 0.15) is 6.04 Å². The Morgan fingerprint density at radius 3 is 1.40 bits per heavy atom. The van der Waals surface area contributed by atoms with Crippen molar-refractivity contribution in [2.24, 2.45) is 9.98 Å². The molecule has 0 spiro atoms. The van der Waals surface area contributed by atoms with Crippen LogP contribution in [0, 0.1) is 26.8 Å². The molecule has 3 heteroatoms. The first-order valence-electron chi connectivity index (χ1n) is 7.17. The average Bonchev–Trinajstić information content (AvgIpc) is 2.48. The van der Waals surface area contributed by atoms with Crippen LogP contribution in [0.1, 0.15) is 66.2 Å². The summed E-state index contributed by atoms with van der Waals surface area (Å²) in [5.41, 5.74) is 0. The van der Waals surface area contributed by atoms with Gasteiger partial charge in [-0.25, -0.2) is 4.99 Å². The summed E-state index contributed by atoms with van der Waals surface area (Å²) in [6, 6.07) is 3.41. The number of hydrogen-bond acceptors (Lipinski definition) is 2. The molecule has 0 aliphatic carbocycles. The van der Waals surface area contributed by atoms with Gasteiger partial charge in [0.2, 0.25) is 0 Å². The van der Waals surface area contributed by atoms with Crippen LogP contribution in [0.2, 0.25) is 0 Å². The van der Waals surface area contributed by atoms with Crippen molar-refractivity contribution in [2.45, 2.75) is 66.2 Å². The normalized spacial score (nSPS) is 10.9. The molecule has 20 heavy (non-hydrogen) atoms. The maximum atomic E-state index is 3.74. The first kappa shape index (κ1) is 28.1. The molecule has 0 aromatic carbocycles. The van der Waals surface area contributed by atoms with Crippen LogP contribution < -0.4 is 0 Å². The predicted octanol–water partition coefficient (Wildman–Crippen LogP) is 5.72. The maximum absolute atomic E-state index is 3.74. The standard InChI is InChI=1S/C5H5N2.3C4H9.Sn/c1-5-2-3-6-4-7-5;3*1-3-4-2;/h2-3H,1H3;3*1,3-4H2,2H3;. The van der Waals surface area contributed by atoms with Gasteiger partial charge in [-0.15, -0.1) is 0 Å². The van der Waals surface area contributed by atoms with E-state index in [1.807, 2.05) is 13.0 Å². The van der Waals surface area contributed by atoms with E-state index in [4.69, 9.17) is 0 Å². The summed E-state index contributed by atoms with van der Waals surface area (Å²) in [5.74, 6) is 0. The van der Waals surface area contributed by atoms with Gasteiger partial charge in [-0.3, -0.25) is 0 Å². The summed E-state index contributed by atoms with van der Waals surface area (Å²) < 4.78 is 0. The molecule has 1 aliphatic rings. The second-order valence-electron chi connectivity index (χ2n) is 3.86. The van der Waals surface area contributed by atoms with Crippen LogP contribution in [0.5, 0.6) is 0 Å². The molecule has 2 nitrogen and oxygen atoms in total. The SMILES string of the molecule is C[C]1C=CN=C=N1.[CH2]CCC.[CH2]CCC.[CH2]CCC.[Sn]. The Morgan fingerprint density at radius 2 is 1.30 bits per heavy atom. The number of hydrogen-bond donors (Lipinski definition) is 0. The second kappa shape index (κ2) is 31.4. The zero-order valence-corrected chi connectivity index (χ0v) is 16.8. The summed E-state index contributed by atoms with van der Waals surface area (Å²) in [7, 11) is 0. The Hall–Kier alpha value is -0.0813. The summed E-state index contributed by atoms with van der Waals surface area (Å²) in [5, 5.41) is 0. The molecule has 1 heterocycles. The average molecular weight is 383 g/mol. The summed E-state index contributed by atoms with van der Waals surface area (Å²) in [4.78, 5) is 7.35. The zero-order valence-electron chi connectivity index (χ0n) is 13.9. The molecule has 0 amide bonds. The molecule has 0 aromatic heterocycles. The minimum Gasteiger partial charge on any atom is -0.212 e. The summed E-state index contributed by atoms with van der Waals surface area (Å²) in [6.45, 7) is 19.1. The van der Waals surface area contributed by atoms with Gasteiger partial charge in [-0.1, -0.05) is 80.1 Å². The fourth-order valence-electron chi connectivity index (χ4n) is 0.323. The largest absolute Gasteiger partial charge is 0.212 e. The van der Waals surface area contributed by atoms with Crippen LogP contribution in [0.15, 0.2) is 22.3 Å². The number of rotatable bonds is 3. The van der Waals surface area contributed by atoms with Gasteiger partial charge in [0.15, 0.2) is 0 Å². The molecule has 0 fully saturated rings. The predicted molar refractivity (Wildman–Crippen MR) is 94.5 cm³/mol. The Bertz CT molecular complexity index is 204. The van der Waals surface area contributed by atoms with Gasteiger partial charge in [-0.05, 0) is 13.0 Å². The van der Waals surface area contributed by atoms with E-state index in [0.717, 1.165) is 25.3 Å². The molecule has 0 atom stereocenters. The monoisotopic (exact) mass is 384 g/mol. The summed E-state index contributed by atoms with van der Waals surface area (Å²) in [6.07, 6.45) is 10.3. The van der Waals surface area contributed by atoms with Gasteiger partial charge in [0.25, 0.3) is 0 Å². The van der Waals surface area contributed by atoms with Crippen molar-refractivity contribution in [3.05, 3.63) is 39.1 Å². The molecule has 114 valence electrons. The third-order valence-electron chi connectivity index (χ3n) is 1.74. The molecule has 0 unspecified atom stereocenters. The van der Waals surface area contributed by atoms with Crippen molar-refractivity contribution in [3.63, 3.8) is 0 Å². The van der Waals surface area contributed by atoms with Crippen LogP contribution in [0.25, 0.3) is 0 Å². The maximum Gasteiger partial charge on any atom is 0.118 e. The van der Waals surface area contributed by atoms with Gasteiger partial charge < -0.3 is 0 Å². The number of unbranched alkanes of at least 4 members (excludes halogenated alkanes) is 3. The fraction of sp³-hybridized carbons (Fsp3) is 0.588. The van der Waals surface area contributed by atoms with E-state index in [1.165, 1.54) is 19.3 Å². The number of nitrogens with zero attached hydrogens (tertiary/aromatic N) is 2. The van der Waals surface area contributed by atoms with E-state index in [2.05, 4.69) is 57.5 Å². The second-order valence-corrected chi connectivity index (χ2v) is 3.86. The Labute approximate surface area is 145 Å². The van der Waals surface area contributed by atoms with E-state index < -0.39 is 0 Å². The van der Waals surface area contributed by atoms with Crippen molar-refractivity contribution >= 4 is 29.9 Å². The van der Waals surface area contributed by atoms with Crippen molar-refractivity contribution in [1.82, 2.24) is 0 Å². The van der Waals surface area contributed by atoms with Crippen molar-refractivity contribution in [2.75, 3.05) is 0 Å². The third-order valence-corrected chi connectivity index (χ3v) is 1.74. The zero-order chi connectivity index (χ0) is 15.4. The van der Waals surface area contributed by atoms with Crippen molar-refractivity contribution in [3.8, 4) is 0 Å². The Morgan fingerprint density at radius 1 is 0.950 bits per heavy atom. The minimum absolute atomic E-state index is 0. The molecule has 0 N–H and O–H groups in total. The summed E-state index contributed by atoms with van der Waals surface area (Å²) >= 11 is 0. The number of aliphatic imine (C=N–C) groups is 2. The Balaban J connectivity index is -0.0000000881. The third kappa shape index (κ3) is 43.0. The molecular weight excluding hydrogens is 351 g/mol. The first-order valence-corrected chi connectivity index (χ1v) is 7.17. The molecular formula is C17H32N2Sn. The van der Waals surface area contributed by atoms with E-state index in [0.29, 0.717) is 0 Å². The first-order chi connectivity index (χ1) is 9.14. The van der Waals surface area contributed by atoms with Crippen LogP contribution in [0.4, 0.5) is 0 Å². The van der Waals surface area contributed by atoms with Gasteiger partial charge in [0, 0.05) is 30.1 Å². The minimum atomic E-state index is 0. The van der Waals surface area contributed by atoms with Crippen molar-refractivity contribution in [1.29, 1.82) is 0 Å². The molecule has 8 radical (unpaired) electrons. The van der Waals surface area contributed by atoms with Crippen LogP contribution >= 0.6 is 0 Å².